The molecule has 4 aromatic rings. The second-order valence-electron chi connectivity index (χ2n) is 9.89. The first-order chi connectivity index (χ1) is 19.1. The predicted molar refractivity (Wildman–Crippen MR) is 142 cm³/mol. The summed E-state index contributed by atoms with van der Waals surface area (Å²) >= 11 is 0. The predicted octanol–water partition coefficient (Wildman–Crippen LogP) is 9.91. The van der Waals surface area contributed by atoms with Gasteiger partial charge in [0.2, 0.25) is 0 Å². The monoisotopic (exact) mass is 562 g/mol. The van der Waals surface area contributed by atoms with Crippen molar-refractivity contribution in [1.82, 2.24) is 0 Å². The van der Waals surface area contributed by atoms with E-state index < -0.39 is 36.0 Å². The number of hydrogen-bond donors (Lipinski definition) is 0. The Kier molecular flexibility index (Phi) is 9.38. The van der Waals surface area contributed by atoms with Crippen molar-refractivity contribution < 1.29 is 35.5 Å². The standard InChI is InChI=1S/C32H29F7O/c1-2-3-4-5-6-20-8-13-25(27(33)15-20)23-12-14-26-24(18-23)11-10-22(30(26)36)9-7-21-16-28(34)31(29(35)17-21)40-19-32(37,38)39/h8,10-18H,2-7,9,19H2,1H3. The largest absolute Gasteiger partial charge is 0.478 e. The van der Waals surface area contributed by atoms with Gasteiger partial charge in [-0.05, 0) is 77.6 Å². The van der Waals surface area contributed by atoms with E-state index in [1.54, 1.807) is 42.5 Å². The summed E-state index contributed by atoms with van der Waals surface area (Å²) in [5.74, 6) is -4.46. The Morgan fingerprint density at radius 1 is 0.675 bits per heavy atom. The van der Waals surface area contributed by atoms with Gasteiger partial charge in [-0.3, -0.25) is 0 Å². The Balaban J connectivity index is 1.47. The molecule has 0 aromatic heterocycles. The molecular formula is C32H29F7O. The topological polar surface area (TPSA) is 9.23 Å². The molecule has 0 saturated carbocycles. The Morgan fingerprint density at radius 2 is 1.40 bits per heavy atom. The van der Waals surface area contributed by atoms with Crippen LogP contribution in [0.15, 0.2) is 60.7 Å². The van der Waals surface area contributed by atoms with Crippen LogP contribution in [0.2, 0.25) is 0 Å². The molecule has 40 heavy (non-hydrogen) atoms. The highest BCUT2D eigenvalue weighted by molar-refractivity contribution is 5.88. The lowest BCUT2D eigenvalue weighted by Crippen LogP contribution is -2.20. The molecule has 212 valence electrons. The molecule has 0 heterocycles. The molecule has 0 atom stereocenters. The normalized spacial score (nSPS) is 11.8. The van der Waals surface area contributed by atoms with Crippen molar-refractivity contribution in [3.05, 3.63) is 101 Å². The third-order valence-electron chi connectivity index (χ3n) is 6.82. The molecule has 4 aromatic carbocycles. The number of benzene rings is 4. The number of fused-ring (bicyclic) bond motifs is 1. The lowest BCUT2D eigenvalue weighted by atomic mass is 9.96. The van der Waals surface area contributed by atoms with Crippen LogP contribution in [0.1, 0.15) is 49.3 Å². The van der Waals surface area contributed by atoms with Gasteiger partial charge in [0, 0.05) is 10.9 Å². The zero-order valence-electron chi connectivity index (χ0n) is 22.0. The molecule has 0 saturated heterocycles. The molecule has 0 aliphatic heterocycles. The maximum Gasteiger partial charge on any atom is 0.422 e. The minimum Gasteiger partial charge on any atom is -0.478 e. The average Bonchev–Trinajstić information content (AvgIpc) is 2.89. The van der Waals surface area contributed by atoms with E-state index in [9.17, 15) is 26.3 Å². The van der Waals surface area contributed by atoms with Crippen LogP contribution >= 0.6 is 0 Å². The molecule has 0 radical (unpaired) electrons. The maximum atomic E-state index is 15.3. The Bertz CT molecular complexity index is 1450. The molecule has 0 N–H and O–H groups in total. The average molecular weight is 563 g/mol. The van der Waals surface area contributed by atoms with Gasteiger partial charge in [-0.2, -0.15) is 13.2 Å². The van der Waals surface area contributed by atoms with Crippen LogP contribution in [-0.2, 0) is 19.3 Å². The van der Waals surface area contributed by atoms with E-state index in [1.165, 1.54) is 0 Å². The van der Waals surface area contributed by atoms with Crippen molar-refractivity contribution in [3.63, 3.8) is 0 Å². The fourth-order valence-corrected chi connectivity index (χ4v) is 4.73. The summed E-state index contributed by atoms with van der Waals surface area (Å²) in [4.78, 5) is 0. The van der Waals surface area contributed by atoms with Crippen LogP contribution < -0.4 is 4.74 Å². The highest BCUT2D eigenvalue weighted by atomic mass is 19.4. The minimum absolute atomic E-state index is 0.0455. The van der Waals surface area contributed by atoms with Gasteiger partial charge in [-0.15, -0.1) is 0 Å². The highest BCUT2D eigenvalue weighted by Gasteiger charge is 2.30. The quantitative estimate of drug-likeness (QED) is 0.131. The summed E-state index contributed by atoms with van der Waals surface area (Å²) in [6.45, 7) is 0.322. The zero-order valence-corrected chi connectivity index (χ0v) is 22.0. The number of unbranched alkanes of at least 4 members (excludes halogenated alkanes) is 3. The van der Waals surface area contributed by atoms with E-state index in [4.69, 9.17) is 0 Å². The van der Waals surface area contributed by atoms with E-state index in [-0.39, 0.29) is 24.2 Å². The van der Waals surface area contributed by atoms with E-state index in [0.29, 0.717) is 27.5 Å². The van der Waals surface area contributed by atoms with Crippen molar-refractivity contribution in [2.75, 3.05) is 6.61 Å². The van der Waals surface area contributed by atoms with Crippen molar-refractivity contribution >= 4 is 10.8 Å². The van der Waals surface area contributed by atoms with Gasteiger partial charge in [0.1, 0.15) is 11.6 Å². The SMILES string of the molecule is CCCCCCc1ccc(-c2ccc3c(F)c(CCc4cc(F)c(OCC(F)(F)F)c(F)c4)ccc3c2)c(F)c1. The summed E-state index contributed by atoms with van der Waals surface area (Å²) in [6, 6.07) is 15.2. The summed E-state index contributed by atoms with van der Waals surface area (Å²) in [6.07, 6.45) is 0.635. The third-order valence-corrected chi connectivity index (χ3v) is 6.82. The van der Waals surface area contributed by atoms with Gasteiger partial charge in [0.25, 0.3) is 0 Å². The van der Waals surface area contributed by atoms with Crippen molar-refractivity contribution in [3.8, 4) is 16.9 Å². The van der Waals surface area contributed by atoms with Gasteiger partial charge < -0.3 is 4.74 Å². The number of hydrogen-bond acceptors (Lipinski definition) is 1. The number of ether oxygens (including phenoxy) is 1. The van der Waals surface area contributed by atoms with E-state index in [1.807, 2.05) is 6.07 Å². The molecular weight excluding hydrogens is 533 g/mol. The molecule has 1 nitrogen and oxygen atoms in total. The smallest absolute Gasteiger partial charge is 0.422 e. The maximum absolute atomic E-state index is 15.3. The molecule has 8 heteroatoms. The Labute approximate surface area is 228 Å². The second-order valence-corrected chi connectivity index (χ2v) is 9.89. The van der Waals surface area contributed by atoms with E-state index in [2.05, 4.69) is 11.7 Å². The molecule has 0 bridgehead atoms. The number of alkyl halides is 3. The summed E-state index contributed by atoms with van der Waals surface area (Å²) in [5, 5.41) is 0.896. The van der Waals surface area contributed by atoms with Crippen molar-refractivity contribution in [2.24, 2.45) is 0 Å². The highest BCUT2D eigenvalue weighted by Crippen LogP contribution is 2.31. The van der Waals surface area contributed by atoms with Crippen LogP contribution in [0.25, 0.3) is 21.9 Å². The molecule has 0 spiro atoms. The minimum atomic E-state index is -4.74. The zero-order chi connectivity index (χ0) is 28.9. The first-order valence-electron chi connectivity index (χ1n) is 13.2. The van der Waals surface area contributed by atoms with E-state index in [0.717, 1.165) is 49.8 Å². The second kappa shape index (κ2) is 12.7. The van der Waals surface area contributed by atoms with Crippen molar-refractivity contribution in [1.29, 1.82) is 0 Å². The summed E-state index contributed by atoms with van der Waals surface area (Å²) in [5.41, 5.74) is 2.44. The van der Waals surface area contributed by atoms with Crippen LogP contribution in [0, 0.1) is 23.3 Å². The lowest BCUT2D eigenvalue weighted by molar-refractivity contribution is -0.154. The Hall–Kier alpha value is -3.55. The van der Waals surface area contributed by atoms with Gasteiger partial charge >= 0.3 is 6.18 Å². The van der Waals surface area contributed by atoms with Gasteiger partial charge in [-0.1, -0.05) is 62.6 Å². The van der Waals surface area contributed by atoms with E-state index >= 15 is 4.39 Å². The van der Waals surface area contributed by atoms with Crippen molar-refractivity contribution in [2.45, 2.75) is 58.0 Å². The van der Waals surface area contributed by atoms with Gasteiger partial charge in [-0.25, -0.2) is 17.6 Å². The fourth-order valence-electron chi connectivity index (χ4n) is 4.73. The Morgan fingerprint density at radius 3 is 2.08 bits per heavy atom. The molecule has 0 aliphatic rings. The molecule has 0 aliphatic carbocycles. The number of halogens is 7. The summed E-state index contributed by atoms with van der Waals surface area (Å²) < 4.78 is 99.7. The first-order valence-corrected chi connectivity index (χ1v) is 13.2. The molecule has 0 unspecified atom stereocenters. The number of aryl methyl sites for hydroxylation is 3. The van der Waals surface area contributed by atoms with Crippen LogP contribution in [0.3, 0.4) is 0 Å². The van der Waals surface area contributed by atoms with Crippen LogP contribution in [0.5, 0.6) is 5.75 Å². The molecule has 0 fully saturated rings. The van der Waals surface area contributed by atoms with Crippen LogP contribution in [0.4, 0.5) is 30.7 Å². The first kappa shape index (κ1) is 29.4. The van der Waals surface area contributed by atoms with Gasteiger partial charge in [0.15, 0.2) is 24.0 Å². The molecule has 4 rings (SSSR count). The summed E-state index contributed by atoms with van der Waals surface area (Å²) in [7, 11) is 0. The third kappa shape index (κ3) is 7.34. The fraction of sp³-hybridized carbons (Fsp3) is 0.312. The molecule has 0 amide bonds. The lowest BCUT2D eigenvalue weighted by Gasteiger charge is -2.12. The number of rotatable bonds is 11. The van der Waals surface area contributed by atoms with Gasteiger partial charge in [0.05, 0.1) is 0 Å². The van der Waals surface area contributed by atoms with Crippen LogP contribution in [-0.4, -0.2) is 12.8 Å².